The van der Waals surface area contributed by atoms with Crippen molar-refractivity contribution in [3.8, 4) is 11.5 Å². The quantitative estimate of drug-likeness (QED) is 0.320. The lowest BCUT2D eigenvalue weighted by Crippen LogP contribution is -2.19. The number of rotatable bonds is 9. The molecule has 0 bridgehead atoms. The summed E-state index contributed by atoms with van der Waals surface area (Å²) < 4.78 is 13.1. The van der Waals surface area contributed by atoms with E-state index in [0.717, 1.165) is 26.5 Å². The molecule has 0 unspecified atom stereocenters. The van der Waals surface area contributed by atoms with E-state index in [1.807, 2.05) is 49.4 Å². The number of benzene rings is 2. The highest BCUT2D eigenvalue weighted by atomic mass is 32.2. The minimum absolute atomic E-state index is 0.195. The lowest BCUT2D eigenvalue weighted by molar-refractivity contribution is -0.118. The van der Waals surface area contributed by atoms with Crippen molar-refractivity contribution in [1.29, 1.82) is 0 Å². The van der Waals surface area contributed by atoms with Crippen LogP contribution in [0.25, 0.3) is 10.2 Å². The molecule has 3 aromatic rings. The zero-order valence-electron chi connectivity index (χ0n) is 15.7. The number of ether oxygens (including phenoxy) is 2. The molecule has 8 heteroatoms. The number of methoxy groups -OCH3 is 1. The molecular weight excluding hydrogens is 394 g/mol. The summed E-state index contributed by atoms with van der Waals surface area (Å²) in [4.78, 5) is 16.6. The Morgan fingerprint density at radius 2 is 2.14 bits per heavy atom. The summed E-state index contributed by atoms with van der Waals surface area (Å²) in [5, 5.41) is 4.05. The van der Waals surface area contributed by atoms with Crippen LogP contribution >= 0.6 is 23.1 Å². The number of hydrogen-bond acceptors (Lipinski definition) is 7. The zero-order chi connectivity index (χ0) is 19.8. The molecule has 3 rings (SSSR count). The Bertz CT molecular complexity index is 939. The van der Waals surface area contributed by atoms with Crippen LogP contribution in [0, 0.1) is 0 Å². The van der Waals surface area contributed by atoms with Gasteiger partial charge < -0.3 is 9.47 Å². The first-order valence-corrected chi connectivity index (χ1v) is 10.6. The Morgan fingerprint density at radius 1 is 1.29 bits per heavy atom. The predicted octanol–water partition coefficient (Wildman–Crippen LogP) is 4.34. The number of aromatic nitrogens is 1. The van der Waals surface area contributed by atoms with Crippen LogP contribution in [0.3, 0.4) is 0 Å². The molecule has 0 saturated heterocycles. The number of thiazole rings is 1. The molecule has 6 nitrogen and oxygen atoms in total. The highest BCUT2D eigenvalue weighted by Gasteiger charge is 2.10. The van der Waals surface area contributed by atoms with Crippen LogP contribution in [-0.2, 0) is 4.79 Å². The molecule has 0 saturated carbocycles. The first-order valence-electron chi connectivity index (χ1n) is 8.81. The maximum absolute atomic E-state index is 12.1. The third-order valence-corrected chi connectivity index (χ3v) is 5.85. The summed E-state index contributed by atoms with van der Waals surface area (Å²) in [6, 6.07) is 13.5. The molecule has 0 radical (unpaired) electrons. The molecule has 0 aliphatic heterocycles. The molecule has 146 valence electrons. The van der Waals surface area contributed by atoms with Crippen molar-refractivity contribution < 1.29 is 14.3 Å². The van der Waals surface area contributed by atoms with Crippen molar-refractivity contribution in [2.45, 2.75) is 17.7 Å². The second-order valence-corrected chi connectivity index (χ2v) is 8.01. The van der Waals surface area contributed by atoms with E-state index in [1.165, 1.54) is 11.8 Å². The average Bonchev–Trinajstić information content (AvgIpc) is 3.14. The van der Waals surface area contributed by atoms with Crippen LogP contribution < -0.4 is 14.9 Å². The maximum Gasteiger partial charge on any atom is 0.250 e. The van der Waals surface area contributed by atoms with Crippen molar-refractivity contribution >= 4 is 45.4 Å². The molecule has 0 atom stereocenters. The van der Waals surface area contributed by atoms with Gasteiger partial charge >= 0.3 is 0 Å². The molecule has 0 fully saturated rings. The van der Waals surface area contributed by atoms with Gasteiger partial charge in [0.2, 0.25) is 0 Å². The van der Waals surface area contributed by atoms with Gasteiger partial charge in [0.05, 0.1) is 35.9 Å². The van der Waals surface area contributed by atoms with E-state index in [1.54, 1.807) is 24.7 Å². The molecule has 1 N–H and O–H groups in total. The number of hydrazone groups is 1. The lowest BCUT2D eigenvalue weighted by Gasteiger charge is -2.12. The number of carbonyl (C=O) groups excluding carboxylic acids is 1. The summed E-state index contributed by atoms with van der Waals surface area (Å²) in [5.74, 6) is 1.30. The van der Waals surface area contributed by atoms with Crippen LogP contribution in [0.1, 0.15) is 18.9 Å². The maximum atomic E-state index is 12.1. The van der Waals surface area contributed by atoms with Gasteiger partial charge in [0.1, 0.15) is 0 Å². The standard InChI is InChI=1S/C20H21N3O3S2/c1-3-11-26-19-14(7-6-9-16(19)25-2)12-21-23-18(24)13-27-20-22-15-8-4-5-10-17(15)28-20/h4-10,12H,3,11,13H2,1-2H3,(H,23,24)/b21-12+. The lowest BCUT2D eigenvalue weighted by atomic mass is 10.2. The molecule has 2 aromatic carbocycles. The largest absolute Gasteiger partial charge is 0.493 e. The van der Waals surface area contributed by atoms with Gasteiger partial charge in [-0.3, -0.25) is 4.79 Å². The number of fused-ring (bicyclic) bond motifs is 1. The summed E-state index contributed by atoms with van der Waals surface area (Å²) in [7, 11) is 1.59. The fourth-order valence-corrected chi connectivity index (χ4v) is 4.26. The Balaban J connectivity index is 1.57. The van der Waals surface area contributed by atoms with Crippen molar-refractivity contribution in [3.63, 3.8) is 0 Å². The smallest absolute Gasteiger partial charge is 0.250 e. The highest BCUT2D eigenvalue weighted by molar-refractivity contribution is 8.01. The zero-order valence-corrected chi connectivity index (χ0v) is 17.3. The Kier molecular flexibility index (Phi) is 7.27. The van der Waals surface area contributed by atoms with Crippen molar-refractivity contribution in [2.24, 2.45) is 5.10 Å². The van der Waals surface area contributed by atoms with Gasteiger partial charge in [-0.25, -0.2) is 10.4 Å². The highest BCUT2D eigenvalue weighted by Crippen LogP contribution is 2.30. The Hall–Kier alpha value is -2.58. The van der Waals surface area contributed by atoms with Crippen LogP contribution in [0.2, 0.25) is 0 Å². The molecule has 1 aromatic heterocycles. The molecule has 0 spiro atoms. The van der Waals surface area contributed by atoms with Crippen LogP contribution in [-0.4, -0.2) is 36.6 Å². The number of nitrogens with one attached hydrogen (secondary N) is 1. The second-order valence-electron chi connectivity index (χ2n) is 5.76. The van der Waals surface area contributed by atoms with Gasteiger partial charge in [0, 0.05) is 5.56 Å². The third-order valence-electron chi connectivity index (χ3n) is 3.67. The average molecular weight is 416 g/mol. The molecule has 0 aliphatic rings. The number of thioether (sulfide) groups is 1. The molecule has 0 aliphatic carbocycles. The SMILES string of the molecule is CCCOc1c(/C=N/NC(=O)CSc2nc3ccccc3s2)cccc1OC. The molecular formula is C20H21N3O3S2. The van der Waals surface area contributed by atoms with Gasteiger partial charge in [-0.2, -0.15) is 5.10 Å². The normalized spacial score (nSPS) is 11.1. The van der Waals surface area contributed by atoms with Gasteiger partial charge in [-0.15, -0.1) is 11.3 Å². The van der Waals surface area contributed by atoms with E-state index in [9.17, 15) is 4.79 Å². The van der Waals surface area contributed by atoms with E-state index in [4.69, 9.17) is 9.47 Å². The minimum atomic E-state index is -0.195. The summed E-state index contributed by atoms with van der Waals surface area (Å²) >= 11 is 2.97. The van der Waals surface area contributed by atoms with Crippen LogP contribution in [0.15, 0.2) is 51.9 Å². The molecule has 1 heterocycles. The van der Waals surface area contributed by atoms with E-state index >= 15 is 0 Å². The summed E-state index contributed by atoms with van der Waals surface area (Å²) in [6.45, 7) is 2.61. The molecule has 28 heavy (non-hydrogen) atoms. The third kappa shape index (κ3) is 5.24. The fourth-order valence-electron chi connectivity index (χ4n) is 2.40. The molecule has 1 amide bonds. The van der Waals surface area contributed by atoms with E-state index in [2.05, 4.69) is 15.5 Å². The fraction of sp³-hybridized carbons (Fsp3) is 0.250. The van der Waals surface area contributed by atoms with E-state index in [0.29, 0.717) is 18.1 Å². The Labute approximate surface area is 172 Å². The van der Waals surface area contributed by atoms with E-state index < -0.39 is 0 Å². The summed E-state index contributed by atoms with van der Waals surface area (Å²) in [5.41, 5.74) is 4.24. The van der Waals surface area contributed by atoms with Crippen LogP contribution in [0.4, 0.5) is 0 Å². The van der Waals surface area contributed by atoms with Crippen LogP contribution in [0.5, 0.6) is 11.5 Å². The summed E-state index contributed by atoms with van der Waals surface area (Å²) in [6.07, 6.45) is 2.45. The van der Waals surface area contributed by atoms with Gasteiger partial charge in [0.25, 0.3) is 5.91 Å². The number of para-hydroxylation sites is 2. The minimum Gasteiger partial charge on any atom is -0.493 e. The van der Waals surface area contributed by atoms with Crippen molar-refractivity contribution in [2.75, 3.05) is 19.5 Å². The van der Waals surface area contributed by atoms with Gasteiger partial charge in [-0.1, -0.05) is 36.9 Å². The van der Waals surface area contributed by atoms with E-state index in [-0.39, 0.29) is 11.7 Å². The first kappa shape index (κ1) is 20.2. The monoisotopic (exact) mass is 415 g/mol. The Morgan fingerprint density at radius 3 is 2.93 bits per heavy atom. The first-order chi connectivity index (χ1) is 13.7. The number of nitrogens with zero attached hydrogens (tertiary/aromatic N) is 2. The number of hydrogen-bond donors (Lipinski definition) is 1. The second kappa shape index (κ2) is 10.1. The van der Waals surface area contributed by atoms with Crippen molar-refractivity contribution in [1.82, 2.24) is 10.4 Å². The van der Waals surface area contributed by atoms with Gasteiger partial charge in [-0.05, 0) is 30.7 Å². The predicted molar refractivity (Wildman–Crippen MR) is 115 cm³/mol. The number of amides is 1. The topological polar surface area (TPSA) is 72.8 Å². The van der Waals surface area contributed by atoms with Crippen molar-refractivity contribution in [3.05, 3.63) is 48.0 Å². The van der Waals surface area contributed by atoms with Gasteiger partial charge in [0.15, 0.2) is 15.8 Å². The number of carbonyl (C=O) groups is 1.